The second-order valence-electron chi connectivity index (χ2n) is 11.6. The topological polar surface area (TPSA) is 90.0 Å². The zero-order valence-corrected chi connectivity index (χ0v) is 25.1. The first-order chi connectivity index (χ1) is 20.6. The van der Waals surface area contributed by atoms with Crippen LogP contribution in [0.25, 0.3) is 0 Å². The van der Waals surface area contributed by atoms with Crippen molar-refractivity contribution in [3.8, 4) is 0 Å². The number of rotatable bonds is 8. The van der Waals surface area contributed by atoms with Crippen LogP contribution in [0.15, 0.2) is 29.6 Å². The molecule has 0 spiro atoms. The Labute approximate surface area is 255 Å². The molecule has 4 rings (SSSR count). The first kappa shape index (κ1) is 33.9. The molecule has 2 N–H and O–H groups in total. The van der Waals surface area contributed by atoms with Crippen LogP contribution in [-0.4, -0.2) is 71.8 Å². The average molecular weight is 648 g/mol. The van der Waals surface area contributed by atoms with Crippen molar-refractivity contribution in [3.05, 3.63) is 56.8 Å². The van der Waals surface area contributed by atoms with E-state index >= 15 is 0 Å². The number of nitrogens with one attached hydrogen (secondary N) is 1. The van der Waals surface area contributed by atoms with Gasteiger partial charge in [0, 0.05) is 42.3 Å². The van der Waals surface area contributed by atoms with Crippen molar-refractivity contribution in [2.75, 3.05) is 39.3 Å². The summed E-state index contributed by atoms with van der Waals surface area (Å²) in [6.07, 6.45) is -8.66. The van der Waals surface area contributed by atoms with Crippen molar-refractivity contribution in [1.82, 2.24) is 15.1 Å². The van der Waals surface area contributed by atoms with Crippen molar-refractivity contribution in [1.29, 1.82) is 0 Å². The summed E-state index contributed by atoms with van der Waals surface area (Å²) in [5.74, 6) is -1.98. The van der Waals surface area contributed by atoms with E-state index in [2.05, 4.69) is 5.32 Å². The van der Waals surface area contributed by atoms with E-state index in [1.807, 2.05) is 23.3 Å². The van der Waals surface area contributed by atoms with Crippen LogP contribution in [0.4, 0.5) is 26.3 Å². The number of benzene rings is 1. The third-order valence-electron chi connectivity index (χ3n) is 8.56. The number of Topliss-reactive ketones (excluding diaryl/α,β-unsaturated/α-hetero) is 1. The van der Waals surface area contributed by atoms with Gasteiger partial charge < -0.3 is 15.3 Å². The number of carbonyl (C=O) groups is 3. The monoisotopic (exact) mass is 647 g/mol. The third-order valence-corrected chi connectivity index (χ3v) is 9.71. The van der Waals surface area contributed by atoms with Crippen LogP contribution in [0, 0.1) is 18.8 Å². The summed E-state index contributed by atoms with van der Waals surface area (Å²) >= 11 is 1.46. The molecule has 1 aromatic carbocycles. The maximum absolute atomic E-state index is 13.6. The highest BCUT2D eigenvalue weighted by molar-refractivity contribution is 7.10. The molecular formula is C30H35F6N3O4S. The van der Waals surface area contributed by atoms with Crippen LogP contribution in [0.3, 0.4) is 0 Å². The van der Waals surface area contributed by atoms with Crippen LogP contribution in [0.2, 0.25) is 0 Å². The molecule has 2 unspecified atom stereocenters. The van der Waals surface area contributed by atoms with Crippen molar-refractivity contribution in [3.63, 3.8) is 0 Å². The van der Waals surface area contributed by atoms with Gasteiger partial charge in [0.05, 0.1) is 23.7 Å². The van der Waals surface area contributed by atoms with Gasteiger partial charge in [0.25, 0.3) is 0 Å². The number of aliphatic hydroxyl groups excluding tert-OH is 1. The average Bonchev–Trinajstić information content (AvgIpc) is 3.41. The number of halogens is 6. The van der Waals surface area contributed by atoms with Gasteiger partial charge in [0.1, 0.15) is 12.4 Å². The first-order valence-electron chi connectivity index (χ1n) is 14.4. The van der Waals surface area contributed by atoms with Gasteiger partial charge >= 0.3 is 12.4 Å². The van der Waals surface area contributed by atoms with Crippen LogP contribution in [0.5, 0.6) is 0 Å². The Hall–Kier alpha value is -2.97. The standard InChI is InChI=1S/C30H35F6N3O4S/c1-17-6-10-44-27(17)24-14-38(15-25(41)19-3-8-39(9-4-19)26(42)16-40)7-5-23(24)28(43)37-18(2)20-11-21(29(31,32)33)13-22(12-20)30(34,35)36/h6,10-13,18-19,23-24,40H,3-5,7-9,14-16H2,1-2H3,(H,37,43)/t18-,23?,24?/m0/s1. The van der Waals surface area contributed by atoms with Gasteiger partial charge in [-0.05, 0) is 80.4 Å². The summed E-state index contributed by atoms with van der Waals surface area (Å²) in [7, 11) is 0. The zero-order chi connectivity index (χ0) is 32.4. The number of hydrogen-bond donors (Lipinski definition) is 2. The molecule has 14 heteroatoms. The highest BCUT2D eigenvalue weighted by Crippen LogP contribution is 2.40. The highest BCUT2D eigenvalue weighted by atomic mass is 32.1. The van der Waals surface area contributed by atoms with E-state index in [1.54, 1.807) is 0 Å². The molecule has 2 saturated heterocycles. The number of alkyl halides is 6. The largest absolute Gasteiger partial charge is 0.416 e. The number of ketones is 1. The number of nitrogens with zero attached hydrogens (tertiary/aromatic N) is 2. The molecule has 0 saturated carbocycles. The number of likely N-dealkylation sites (tertiary alicyclic amines) is 2. The molecule has 2 aliphatic heterocycles. The van der Waals surface area contributed by atoms with Crippen LogP contribution < -0.4 is 5.32 Å². The lowest BCUT2D eigenvalue weighted by Crippen LogP contribution is -2.48. The van der Waals surface area contributed by atoms with E-state index in [-0.39, 0.29) is 41.7 Å². The van der Waals surface area contributed by atoms with Gasteiger partial charge in [-0.15, -0.1) is 11.3 Å². The van der Waals surface area contributed by atoms with Crippen LogP contribution >= 0.6 is 11.3 Å². The Kier molecular flexibility index (Phi) is 10.5. The minimum atomic E-state index is -5.00. The van der Waals surface area contributed by atoms with Gasteiger partial charge in [0.2, 0.25) is 11.8 Å². The fraction of sp³-hybridized carbons (Fsp3) is 0.567. The van der Waals surface area contributed by atoms with E-state index < -0.39 is 48.0 Å². The van der Waals surface area contributed by atoms with Gasteiger partial charge in [-0.2, -0.15) is 26.3 Å². The van der Waals surface area contributed by atoms with Crippen molar-refractivity contribution < 1.29 is 45.8 Å². The number of carbonyl (C=O) groups excluding carboxylic acids is 3. The summed E-state index contributed by atoms with van der Waals surface area (Å²) < 4.78 is 80.4. The van der Waals surface area contributed by atoms with Gasteiger partial charge in [-0.25, -0.2) is 0 Å². The highest BCUT2D eigenvalue weighted by Gasteiger charge is 2.40. The number of aryl methyl sites for hydroxylation is 1. The second-order valence-corrected chi connectivity index (χ2v) is 12.5. The lowest BCUT2D eigenvalue weighted by molar-refractivity contribution is -0.143. The second kappa shape index (κ2) is 13.6. The summed E-state index contributed by atoms with van der Waals surface area (Å²) in [6.45, 7) is 4.41. The molecule has 0 radical (unpaired) electrons. The van der Waals surface area contributed by atoms with Crippen LogP contribution in [-0.2, 0) is 26.7 Å². The Balaban J connectivity index is 1.47. The molecule has 0 aliphatic carbocycles. The Morgan fingerprint density at radius 2 is 1.61 bits per heavy atom. The normalized spacial score (nSPS) is 21.2. The van der Waals surface area contributed by atoms with Crippen LogP contribution in [0.1, 0.15) is 65.3 Å². The molecule has 3 heterocycles. The minimum absolute atomic E-state index is 0.0317. The molecule has 2 fully saturated rings. The van der Waals surface area contributed by atoms with E-state index in [1.165, 1.54) is 23.2 Å². The molecule has 2 aliphatic rings. The van der Waals surface area contributed by atoms with Crippen molar-refractivity contribution in [2.45, 2.75) is 57.4 Å². The Morgan fingerprint density at radius 3 is 2.14 bits per heavy atom. The van der Waals surface area contributed by atoms with E-state index in [0.717, 1.165) is 10.4 Å². The van der Waals surface area contributed by atoms with Crippen molar-refractivity contribution in [2.24, 2.45) is 11.8 Å². The molecule has 7 nitrogen and oxygen atoms in total. The van der Waals surface area contributed by atoms with E-state index in [4.69, 9.17) is 5.11 Å². The Bertz CT molecular complexity index is 1320. The predicted octanol–water partition coefficient (Wildman–Crippen LogP) is 5.18. The Morgan fingerprint density at radius 1 is 1.00 bits per heavy atom. The quantitative estimate of drug-likeness (QED) is 0.386. The lowest BCUT2D eigenvalue weighted by Gasteiger charge is -2.39. The van der Waals surface area contributed by atoms with Gasteiger partial charge in [-0.3, -0.25) is 19.3 Å². The van der Waals surface area contributed by atoms with E-state index in [9.17, 15) is 40.7 Å². The maximum Gasteiger partial charge on any atom is 0.416 e. The molecule has 1 aromatic heterocycles. The summed E-state index contributed by atoms with van der Waals surface area (Å²) in [6, 6.07) is 2.09. The SMILES string of the molecule is Cc1ccsc1C1CN(CC(=O)C2CCN(C(=O)CO)CC2)CCC1C(=O)N[C@@H](C)c1cc(C(F)(F)F)cc(C(F)(F)F)c1. The molecule has 2 aromatic rings. The number of hydrogen-bond acceptors (Lipinski definition) is 6. The first-order valence-corrected chi connectivity index (χ1v) is 15.2. The molecule has 0 bridgehead atoms. The lowest BCUT2D eigenvalue weighted by atomic mass is 9.82. The molecule has 2 amide bonds. The van der Waals surface area contributed by atoms with Crippen molar-refractivity contribution >= 4 is 28.9 Å². The predicted molar refractivity (Wildman–Crippen MR) is 151 cm³/mol. The number of thiophene rings is 1. The third kappa shape index (κ3) is 7.99. The summed E-state index contributed by atoms with van der Waals surface area (Å²) in [5.41, 5.74) is -2.25. The number of aliphatic hydroxyl groups is 1. The number of amides is 2. The molecule has 242 valence electrons. The minimum Gasteiger partial charge on any atom is -0.387 e. The summed E-state index contributed by atoms with van der Waals surface area (Å²) in [5, 5.41) is 13.6. The fourth-order valence-electron chi connectivity index (χ4n) is 6.04. The molecule has 3 atom stereocenters. The van der Waals surface area contributed by atoms with Gasteiger partial charge in [-0.1, -0.05) is 0 Å². The molecule has 44 heavy (non-hydrogen) atoms. The fourth-order valence-corrected chi connectivity index (χ4v) is 7.13. The smallest absolute Gasteiger partial charge is 0.387 e. The maximum atomic E-state index is 13.6. The van der Waals surface area contributed by atoms with E-state index in [0.29, 0.717) is 57.6 Å². The number of piperidine rings is 2. The molecular weight excluding hydrogens is 612 g/mol. The van der Waals surface area contributed by atoms with Gasteiger partial charge in [0.15, 0.2) is 0 Å². The zero-order valence-electron chi connectivity index (χ0n) is 24.3. The summed E-state index contributed by atoms with van der Waals surface area (Å²) in [4.78, 5) is 42.9.